The third-order valence-corrected chi connectivity index (χ3v) is 4.72. The molecule has 1 heterocycles. The first-order valence-electron chi connectivity index (χ1n) is 7.33. The zero-order valence-electron chi connectivity index (χ0n) is 13.5. The van der Waals surface area contributed by atoms with E-state index in [0.717, 1.165) is 0 Å². The van der Waals surface area contributed by atoms with Gasteiger partial charge in [0.15, 0.2) is 0 Å². The highest BCUT2D eigenvalue weighted by atomic mass is 32.2. The number of nitrogens with one attached hydrogen (secondary N) is 2. The molecule has 0 radical (unpaired) electrons. The molecular formula is C15H20N4O4S. The fourth-order valence-electron chi connectivity index (χ4n) is 2.01. The van der Waals surface area contributed by atoms with Crippen molar-refractivity contribution in [1.29, 1.82) is 0 Å². The first-order valence-corrected chi connectivity index (χ1v) is 8.81. The number of carbonyl (C=O) groups excluding carboxylic acids is 1. The van der Waals surface area contributed by atoms with Crippen LogP contribution in [-0.4, -0.2) is 37.9 Å². The molecule has 0 saturated carbocycles. The molecule has 0 fully saturated rings. The number of hydrogen-bond donors (Lipinski definition) is 2. The lowest BCUT2D eigenvalue weighted by molar-refractivity contribution is 0.187. The molecule has 0 spiro atoms. The second kappa shape index (κ2) is 7.93. The summed E-state index contributed by atoms with van der Waals surface area (Å²) >= 11 is 0. The maximum Gasteiger partial charge on any atom is 0.411 e. The summed E-state index contributed by atoms with van der Waals surface area (Å²) in [6.07, 6.45) is 2.90. The van der Waals surface area contributed by atoms with Crippen LogP contribution in [0.4, 0.5) is 10.5 Å². The van der Waals surface area contributed by atoms with Crippen LogP contribution in [0.25, 0.3) is 0 Å². The molecule has 9 heteroatoms. The Labute approximate surface area is 140 Å². The minimum absolute atomic E-state index is 0.0833. The SMILES string of the molecule is COC(=O)Nc1ccc(S(=O)(=O)NCC(C)Cn2cccn2)cc1. The molecule has 24 heavy (non-hydrogen) atoms. The molecule has 1 atom stereocenters. The second-order valence-electron chi connectivity index (χ2n) is 5.33. The highest BCUT2D eigenvalue weighted by Crippen LogP contribution is 2.14. The summed E-state index contributed by atoms with van der Waals surface area (Å²) in [5, 5.41) is 6.55. The van der Waals surface area contributed by atoms with Gasteiger partial charge in [0.25, 0.3) is 0 Å². The van der Waals surface area contributed by atoms with E-state index in [0.29, 0.717) is 18.8 Å². The van der Waals surface area contributed by atoms with Crippen molar-refractivity contribution in [2.24, 2.45) is 5.92 Å². The van der Waals surface area contributed by atoms with Gasteiger partial charge in [-0.25, -0.2) is 17.9 Å². The van der Waals surface area contributed by atoms with Crippen molar-refractivity contribution in [3.8, 4) is 0 Å². The Balaban J connectivity index is 1.93. The van der Waals surface area contributed by atoms with Crippen LogP contribution in [-0.2, 0) is 21.3 Å². The van der Waals surface area contributed by atoms with Crippen molar-refractivity contribution in [2.75, 3.05) is 19.0 Å². The lowest BCUT2D eigenvalue weighted by Gasteiger charge is -2.13. The molecule has 2 aromatic rings. The number of amides is 1. The van der Waals surface area contributed by atoms with Gasteiger partial charge < -0.3 is 4.74 Å². The number of rotatable bonds is 7. The Morgan fingerprint density at radius 2 is 2.04 bits per heavy atom. The zero-order valence-corrected chi connectivity index (χ0v) is 14.3. The van der Waals surface area contributed by atoms with Crippen LogP contribution >= 0.6 is 0 Å². The molecule has 1 aromatic carbocycles. The van der Waals surface area contributed by atoms with E-state index in [1.165, 1.54) is 31.4 Å². The summed E-state index contributed by atoms with van der Waals surface area (Å²) in [6.45, 7) is 2.86. The zero-order chi connectivity index (χ0) is 17.6. The van der Waals surface area contributed by atoms with E-state index in [4.69, 9.17) is 0 Å². The van der Waals surface area contributed by atoms with Gasteiger partial charge in [-0.05, 0) is 36.2 Å². The Kier molecular flexibility index (Phi) is 5.93. The number of nitrogens with zero attached hydrogens (tertiary/aromatic N) is 2. The van der Waals surface area contributed by atoms with Crippen molar-refractivity contribution in [3.63, 3.8) is 0 Å². The molecule has 1 unspecified atom stereocenters. The van der Waals surface area contributed by atoms with Crippen molar-refractivity contribution in [1.82, 2.24) is 14.5 Å². The van der Waals surface area contributed by atoms with Crippen LogP contribution in [0.2, 0.25) is 0 Å². The van der Waals surface area contributed by atoms with Gasteiger partial charge >= 0.3 is 6.09 Å². The van der Waals surface area contributed by atoms with E-state index < -0.39 is 16.1 Å². The van der Waals surface area contributed by atoms with Crippen LogP contribution in [0.3, 0.4) is 0 Å². The van der Waals surface area contributed by atoms with E-state index in [9.17, 15) is 13.2 Å². The van der Waals surface area contributed by atoms with Crippen molar-refractivity contribution < 1.29 is 17.9 Å². The lowest BCUT2D eigenvalue weighted by Crippen LogP contribution is -2.30. The summed E-state index contributed by atoms with van der Waals surface area (Å²) in [5.41, 5.74) is 0.452. The summed E-state index contributed by atoms with van der Waals surface area (Å²) in [6, 6.07) is 7.66. The topological polar surface area (TPSA) is 102 Å². The Bertz CT molecular complexity index is 757. The van der Waals surface area contributed by atoms with Crippen LogP contribution in [0.5, 0.6) is 0 Å². The normalized spacial score (nSPS) is 12.6. The predicted molar refractivity (Wildman–Crippen MR) is 89.0 cm³/mol. The number of aromatic nitrogens is 2. The molecule has 1 amide bonds. The molecular weight excluding hydrogens is 332 g/mol. The number of benzene rings is 1. The number of ether oxygens (including phenoxy) is 1. The fraction of sp³-hybridized carbons (Fsp3) is 0.333. The van der Waals surface area contributed by atoms with Gasteiger partial charge in [0.05, 0.1) is 12.0 Å². The number of sulfonamides is 1. The highest BCUT2D eigenvalue weighted by Gasteiger charge is 2.15. The van der Waals surface area contributed by atoms with Gasteiger partial charge in [-0.1, -0.05) is 6.92 Å². The van der Waals surface area contributed by atoms with Crippen molar-refractivity contribution >= 4 is 21.8 Å². The summed E-state index contributed by atoms with van der Waals surface area (Å²) < 4.78 is 33.4. The summed E-state index contributed by atoms with van der Waals surface area (Å²) in [7, 11) is -2.36. The van der Waals surface area contributed by atoms with Gasteiger partial charge in [0.1, 0.15) is 0 Å². The lowest BCUT2D eigenvalue weighted by atomic mass is 10.2. The van der Waals surface area contributed by atoms with Crippen LogP contribution < -0.4 is 10.0 Å². The van der Waals surface area contributed by atoms with E-state index in [1.807, 2.05) is 19.2 Å². The molecule has 1 aromatic heterocycles. The Morgan fingerprint density at radius 3 is 2.62 bits per heavy atom. The maximum atomic E-state index is 12.3. The van der Waals surface area contributed by atoms with E-state index >= 15 is 0 Å². The predicted octanol–water partition coefficient (Wildman–Crippen LogP) is 1.68. The average molecular weight is 352 g/mol. The van der Waals surface area contributed by atoms with Gasteiger partial charge in [-0.15, -0.1) is 0 Å². The van der Waals surface area contributed by atoms with E-state index in [2.05, 4.69) is 19.9 Å². The van der Waals surface area contributed by atoms with Gasteiger partial charge in [-0.2, -0.15) is 5.10 Å². The molecule has 0 aliphatic heterocycles. The smallest absolute Gasteiger partial charge is 0.411 e. The molecule has 2 N–H and O–H groups in total. The molecule has 130 valence electrons. The highest BCUT2D eigenvalue weighted by molar-refractivity contribution is 7.89. The molecule has 0 bridgehead atoms. The minimum atomic E-state index is -3.61. The van der Waals surface area contributed by atoms with Crippen LogP contribution in [0, 0.1) is 5.92 Å². The van der Waals surface area contributed by atoms with Gasteiger partial charge in [0.2, 0.25) is 10.0 Å². The third-order valence-electron chi connectivity index (χ3n) is 3.28. The van der Waals surface area contributed by atoms with E-state index in [1.54, 1.807) is 10.9 Å². The Hall–Kier alpha value is -2.39. The second-order valence-corrected chi connectivity index (χ2v) is 7.09. The van der Waals surface area contributed by atoms with Crippen molar-refractivity contribution in [3.05, 3.63) is 42.7 Å². The largest absolute Gasteiger partial charge is 0.453 e. The van der Waals surface area contributed by atoms with Gasteiger partial charge in [0, 0.05) is 31.2 Å². The third kappa shape index (κ3) is 5.07. The van der Waals surface area contributed by atoms with Gasteiger partial charge in [-0.3, -0.25) is 10.00 Å². The molecule has 0 saturated heterocycles. The monoisotopic (exact) mass is 352 g/mol. The number of carbonyl (C=O) groups is 1. The number of anilines is 1. The molecule has 2 rings (SSSR count). The number of hydrogen-bond acceptors (Lipinski definition) is 5. The fourth-order valence-corrected chi connectivity index (χ4v) is 3.18. The first kappa shape index (κ1) is 18.0. The number of methoxy groups -OCH3 is 1. The van der Waals surface area contributed by atoms with E-state index in [-0.39, 0.29) is 10.8 Å². The molecule has 0 aliphatic carbocycles. The minimum Gasteiger partial charge on any atom is -0.453 e. The quantitative estimate of drug-likeness (QED) is 0.789. The van der Waals surface area contributed by atoms with Crippen molar-refractivity contribution in [2.45, 2.75) is 18.4 Å². The van der Waals surface area contributed by atoms with Crippen LogP contribution in [0.1, 0.15) is 6.92 Å². The van der Waals surface area contributed by atoms with Crippen LogP contribution in [0.15, 0.2) is 47.6 Å². The molecule has 0 aliphatic rings. The first-order chi connectivity index (χ1) is 11.4. The average Bonchev–Trinajstić information content (AvgIpc) is 3.06. The standard InChI is InChI=1S/C15H20N4O4S/c1-12(11-19-9-3-8-16-19)10-17-24(21,22)14-6-4-13(5-7-14)18-15(20)23-2/h3-9,12,17H,10-11H2,1-2H3,(H,18,20). The Morgan fingerprint density at radius 1 is 1.33 bits per heavy atom. The molecule has 8 nitrogen and oxygen atoms in total. The summed E-state index contributed by atoms with van der Waals surface area (Å²) in [5.74, 6) is 0.0833. The maximum absolute atomic E-state index is 12.3. The summed E-state index contributed by atoms with van der Waals surface area (Å²) in [4.78, 5) is 11.2.